The Hall–Kier alpha value is -3.56. The van der Waals surface area contributed by atoms with Gasteiger partial charge in [-0.05, 0) is 47.0 Å². The Morgan fingerprint density at radius 1 is 1.36 bits per heavy atom. The van der Waals surface area contributed by atoms with Crippen LogP contribution >= 0.6 is 0 Å². The van der Waals surface area contributed by atoms with Crippen LogP contribution in [-0.4, -0.2) is 55.4 Å². The van der Waals surface area contributed by atoms with Gasteiger partial charge >= 0.3 is 17.9 Å². The lowest BCUT2D eigenvalue weighted by molar-refractivity contribution is -0.389. The minimum Gasteiger partial charge on any atom is -0.489 e. The summed E-state index contributed by atoms with van der Waals surface area (Å²) in [4.78, 5) is 27.3. The molecular formula is C23H28N4O6. The highest BCUT2D eigenvalue weighted by Gasteiger charge is 2.41. The van der Waals surface area contributed by atoms with E-state index in [2.05, 4.69) is 25.8 Å². The Morgan fingerprint density at radius 3 is 2.64 bits per heavy atom. The van der Waals surface area contributed by atoms with Gasteiger partial charge in [-0.15, -0.1) is 0 Å². The van der Waals surface area contributed by atoms with Gasteiger partial charge < -0.3 is 29.6 Å². The Kier molecular flexibility index (Phi) is 5.55. The van der Waals surface area contributed by atoms with E-state index in [1.807, 2.05) is 37.3 Å². The van der Waals surface area contributed by atoms with Gasteiger partial charge in [0.15, 0.2) is 5.60 Å². The lowest BCUT2D eigenvalue weighted by Gasteiger charge is -2.41. The molecule has 1 N–H and O–H groups in total. The van der Waals surface area contributed by atoms with Gasteiger partial charge in [0.25, 0.3) is 0 Å². The second kappa shape index (κ2) is 8.09. The highest BCUT2D eigenvalue weighted by molar-refractivity contribution is 5.72. The molecule has 1 aromatic heterocycles. The molecule has 10 heteroatoms. The maximum Gasteiger partial charge on any atom is 0.415 e. The fourth-order valence-corrected chi connectivity index (χ4v) is 4.32. The van der Waals surface area contributed by atoms with Crippen LogP contribution in [0.4, 0.5) is 10.6 Å². The number of carbonyl (C=O) groups is 1. The van der Waals surface area contributed by atoms with Crippen LogP contribution in [0, 0.1) is 15.5 Å². The number of benzene rings is 1. The standard InChI is InChI=1S/C23H28N4O6/c1-22(2,3)18-11-16(9-10-26(18)21(28)29)15-5-7-17(8-6-15)32-14-23(4)13-25-12-19(27(30)31)24-20(25)33-23/h5-9,12,18H,10-11,13-14H2,1-4H3,(H,28,29). The number of carboxylic acid groups (broad SMARTS) is 1. The van der Waals surface area contributed by atoms with Crippen molar-refractivity contribution >= 4 is 17.5 Å². The number of nitro groups is 1. The number of rotatable bonds is 5. The first-order valence-corrected chi connectivity index (χ1v) is 10.8. The number of fused-ring (bicyclic) bond motifs is 1. The molecule has 0 saturated heterocycles. The van der Waals surface area contributed by atoms with Crippen LogP contribution in [0.2, 0.25) is 0 Å². The second-order valence-electron chi connectivity index (χ2n) is 9.88. The maximum atomic E-state index is 11.6. The van der Waals surface area contributed by atoms with E-state index in [4.69, 9.17) is 9.47 Å². The van der Waals surface area contributed by atoms with Gasteiger partial charge in [-0.2, -0.15) is 0 Å². The summed E-state index contributed by atoms with van der Waals surface area (Å²) in [6.45, 7) is 9.08. The predicted octanol–water partition coefficient (Wildman–Crippen LogP) is 4.20. The summed E-state index contributed by atoms with van der Waals surface area (Å²) in [6.07, 6.45) is 3.09. The Labute approximate surface area is 191 Å². The summed E-state index contributed by atoms with van der Waals surface area (Å²) in [5.41, 5.74) is 1.31. The zero-order valence-corrected chi connectivity index (χ0v) is 19.1. The van der Waals surface area contributed by atoms with E-state index < -0.39 is 16.6 Å². The number of amides is 1. The molecule has 3 heterocycles. The van der Waals surface area contributed by atoms with Crippen LogP contribution in [0.15, 0.2) is 36.5 Å². The smallest absolute Gasteiger partial charge is 0.415 e. The fraction of sp³-hybridized carbons (Fsp3) is 0.478. The molecule has 0 fully saturated rings. The lowest BCUT2D eigenvalue weighted by Crippen LogP contribution is -2.48. The van der Waals surface area contributed by atoms with E-state index in [0.717, 1.165) is 11.1 Å². The topological polar surface area (TPSA) is 120 Å². The van der Waals surface area contributed by atoms with Crippen molar-refractivity contribution in [2.45, 2.75) is 52.3 Å². The van der Waals surface area contributed by atoms with Gasteiger partial charge in [-0.25, -0.2) is 4.79 Å². The quantitative estimate of drug-likeness (QED) is 0.529. The zero-order valence-electron chi connectivity index (χ0n) is 19.1. The maximum absolute atomic E-state index is 11.6. The van der Waals surface area contributed by atoms with Crippen LogP contribution in [-0.2, 0) is 6.54 Å². The Morgan fingerprint density at radius 2 is 2.06 bits per heavy atom. The summed E-state index contributed by atoms with van der Waals surface area (Å²) in [7, 11) is 0. The van der Waals surface area contributed by atoms with E-state index in [1.54, 1.807) is 4.57 Å². The molecular weight excluding hydrogens is 428 g/mol. The molecule has 1 amide bonds. The fourth-order valence-electron chi connectivity index (χ4n) is 4.32. The number of imidazole rings is 1. The summed E-state index contributed by atoms with van der Waals surface area (Å²) in [5.74, 6) is 0.441. The van der Waals surface area contributed by atoms with E-state index in [-0.39, 0.29) is 29.9 Å². The minimum atomic E-state index is -0.895. The third-order valence-electron chi connectivity index (χ3n) is 6.10. The molecule has 0 radical (unpaired) electrons. The van der Waals surface area contributed by atoms with Crippen molar-refractivity contribution in [3.05, 3.63) is 52.2 Å². The van der Waals surface area contributed by atoms with E-state index in [1.165, 1.54) is 11.1 Å². The van der Waals surface area contributed by atoms with Crippen LogP contribution in [0.1, 0.15) is 39.7 Å². The van der Waals surface area contributed by atoms with Crippen molar-refractivity contribution in [3.8, 4) is 11.8 Å². The van der Waals surface area contributed by atoms with Gasteiger partial charge in [0.05, 0.1) is 6.54 Å². The van der Waals surface area contributed by atoms with Gasteiger partial charge in [0.2, 0.25) is 0 Å². The van der Waals surface area contributed by atoms with Gasteiger partial charge in [0.1, 0.15) is 18.6 Å². The van der Waals surface area contributed by atoms with Crippen molar-refractivity contribution in [1.29, 1.82) is 0 Å². The van der Waals surface area contributed by atoms with Crippen molar-refractivity contribution < 1.29 is 24.3 Å². The molecule has 0 saturated carbocycles. The van der Waals surface area contributed by atoms with Gasteiger partial charge in [-0.3, -0.25) is 4.57 Å². The molecule has 176 valence electrons. The first-order chi connectivity index (χ1) is 15.4. The van der Waals surface area contributed by atoms with E-state index >= 15 is 0 Å². The third-order valence-corrected chi connectivity index (χ3v) is 6.10. The second-order valence-corrected chi connectivity index (χ2v) is 9.88. The van der Waals surface area contributed by atoms with Crippen molar-refractivity contribution in [3.63, 3.8) is 0 Å². The first-order valence-electron chi connectivity index (χ1n) is 10.8. The van der Waals surface area contributed by atoms with Crippen molar-refractivity contribution in [2.75, 3.05) is 13.2 Å². The molecule has 0 aliphatic carbocycles. The largest absolute Gasteiger partial charge is 0.489 e. The van der Waals surface area contributed by atoms with Crippen LogP contribution < -0.4 is 9.47 Å². The molecule has 4 rings (SSSR count). The van der Waals surface area contributed by atoms with E-state index in [9.17, 15) is 20.0 Å². The summed E-state index contributed by atoms with van der Waals surface area (Å²) in [5, 5.41) is 20.4. The van der Waals surface area contributed by atoms with Crippen molar-refractivity contribution in [1.82, 2.24) is 14.5 Å². The third kappa shape index (κ3) is 4.64. The van der Waals surface area contributed by atoms with Crippen LogP contribution in [0.3, 0.4) is 0 Å². The highest BCUT2D eigenvalue weighted by Crippen LogP contribution is 2.36. The molecule has 2 aromatic rings. The number of hydrogen-bond donors (Lipinski definition) is 1. The minimum absolute atomic E-state index is 0.104. The number of nitrogens with zero attached hydrogens (tertiary/aromatic N) is 4. The van der Waals surface area contributed by atoms with Crippen LogP contribution in [0.5, 0.6) is 11.8 Å². The lowest BCUT2D eigenvalue weighted by atomic mass is 9.79. The first kappa shape index (κ1) is 22.6. The molecule has 2 aliphatic heterocycles. The summed E-state index contributed by atoms with van der Waals surface area (Å²) < 4.78 is 13.3. The van der Waals surface area contributed by atoms with Gasteiger partial charge in [-0.1, -0.05) is 39.0 Å². The molecule has 2 atom stereocenters. The van der Waals surface area contributed by atoms with Crippen molar-refractivity contribution in [2.24, 2.45) is 5.41 Å². The highest BCUT2D eigenvalue weighted by atomic mass is 16.6. The Balaban J connectivity index is 1.39. The molecule has 10 nitrogen and oxygen atoms in total. The normalized spacial score (nSPS) is 22.4. The molecule has 0 bridgehead atoms. The monoisotopic (exact) mass is 456 g/mol. The molecule has 33 heavy (non-hydrogen) atoms. The molecule has 2 unspecified atom stereocenters. The summed E-state index contributed by atoms with van der Waals surface area (Å²) >= 11 is 0. The molecule has 2 aliphatic rings. The van der Waals surface area contributed by atoms with E-state index in [0.29, 0.717) is 25.3 Å². The summed E-state index contributed by atoms with van der Waals surface area (Å²) in [6, 6.07) is 7.83. The number of aromatic nitrogens is 2. The number of hydrogen-bond acceptors (Lipinski definition) is 6. The predicted molar refractivity (Wildman–Crippen MR) is 120 cm³/mol. The SMILES string of the molecule is CC1(COc2ccc(C3=CCN(C(=O)O)C(C(C)(C)C)C3)cc2)Cn2cc([N+](=O)[O-])nc2O1. The Bertz CT molecular complexity index is 1080. The molecule has 1 aromatic carbocycles. The van der Waals surface area contributed by atoms with Crippen LogP contribution in [0.25, 0.3) is 5.57 Å². The molecule has 0 spiro atoms. The van der Waals surface area contributed by atoms with Gasteiger partial charge in [0, 0.05) is 17.6 Å². The number of ether oxygens (including phenoxy) is 2. The average Bonchev–Trinajstić information content (AvgIpc) is 3.27. The average molecular weight is 456 g/mol. The zero-order chi connectivity index (χ0) is 24.0.